The Bertz CT molecular complexity index is 713. The minimum atomic E-state index is -0.436. The first-order valence-corrected chi connectivity index (χ1v) is 6.60. The summed E-state index contributed by atoms with van der Waals surface area (Å²) in [6, 6.07) is 10.7. The van der Waals surface area contributed by atoms with E-state index in [4.69, 9.17) is 4.74 Å². The Morgan fingerprint density at radius 1 is 1.09 bits per heavy atom. The molecule has 2 aromatic rings. The highest BCUT2D eigenvalue weighted by Gasteiger charge is 2.07. The molecule has 0 aliphatic carbocycles. The fourth-order valence-electron chi connectivity index (χ4n) is 1.88. The summed E-state index contributed by atoms with van der Waals surface area (Å²) >= 11 is 0. The summed E-state index contributed by atoms with van der Waals surface area (Å²) in [5.41, 5.74) is 1.82. The summed E-state index contributed by atoms with van der Waals surface area (Å²) in [7, 11) is 0. The zero-order chi connectivity index (χ0) is 16.1. The third-order valence-corrected chi connectivity index (χ3v) is 2.81. The second kappa shape index (κ2) is 6.62. The molecule has 0 aliphatic rings. The van der Waals surface area contributed by atoms with Crippen LogP contribution < -0.4 is 15.4 Å². The van der Waals surface area contributed by atoms with Crippen LogP contribution in [-0.4, -0.2) is 17.1 Å². The average molecular weight is 300 g/mol. The molecule has 0 heterocycles. The van der Waals surface area contributed by atoms with E-state index in [0.717, 1.165) is 5.56 Å². The third kappa shape index (κ3) is 4.24. The van der Waals surface area contributed by atoms with Crippen molar-refractivity contribution in [2.24, 2.45) is 0 Å². The van der Waals surface area contributed by atoms with Crippen LogP contribution in [0.15, 0.2) is 42.5 Å². The topological polar surface area (TPSA) is 87.7 Å². The number of nitrogens with one attached hydrogen (secondary N) is 2. The average Bonchev–Trinajstić information content (AvgIpc) is 2.41. The van der Waals surface area contributed by atoms with Crippen molar-refractivity contribution in [1.29, 1.82) is 0 Å². The van der Waals surface area contributed by atoms with E-state index in [9.17, 15) is 14.7 Å². The molecule has 22 heavy (non-hydrogen) atoms. The van der Waals surface area contributed by atoms with E-state index in [1.807, 2.05) is 0 Å². The first kappa shape index (κ1) is 15.4. The number of amides is 2. The number of anilines is 2. The molecule has 3 N–H and O–H groups in total. The standard InChI is InChI=1S/C16H16N2O4/c1-10-8-13(20)6-7-15(10)18-16(21)17-12-4-3-5-14(9-12)22-11(2)19/h3-9,20H,1-2H3,(H2,17,18,21). The number of esters is 1. The summed E-state index contributed by atoms with van der Waals surface area (Å²) in [5, 5.41) is 14.7. The van der Waals surface area contributed by atoms with E-state index in [0.29, 0.717) is 17.1 Å². The van der Waals surface area contributed by atoms with Gasteiger partial charge in [0.1, 0.15) is 11.5 Å². The highest BCUT2D eigenvalue weighted by Crippen LogP contribution is 2.21. The maximum atomic E-state index is 12.0. The molecule has 0 aliphatic heterocycles. The Labute approximate surface area is 127 Å². The number of rotatable bonds is 3. The molecule has 0 radical (unpaired) electrons. The Balaban J connectivity index is 2.04. The molecule has 0 unspecified atom stereocenters. The normalized spacial score (nSPS) is 9.91. The highest BCUT2D eigenvalue weighted by atomic mass is 16.5. The fourth-order valence-corrected chi connectivity index (χ4v) is 1.88. The molecule has 114 valence electrons. The van der Waals surface area contributed by atoms with Crippen molar-refractivity contribution in [3.63, 3.8) is 0 Å². The molecule has 0 aromatic heterocycles. The van der Waals surface area contributed by atoms with Crippen molar-refractivity contribution in [3.05, 3.63) is 48.0 Å². The van der Waals surface area contributed by atoms with Crippen LogP contribution in [0.25, 0.3) is 0 Å². The van der Waals surface area contributed by atoms with Gasteiger partial charge in [-0.25, -0.2) is 4.79 Å². The maximum Gasteiger partial charge on any atom is 0.323 e. The van der Waals surface area contributed by atoms with Crippen molar-refractivity contribution in [1.82, 2.24) is 0 Å². The van der Waals surface area contributed by atoms with Crippen molar-refractivity contribution in [3.8, 4) is 11.5 Å². The molecule has 6 heteroatoms. The van der Waals surface area contributed by atoms with E-state index in [2.05, 4.69) is 10.6 Å². The van der Waals surface area contributed by atoms with Gasteiger partial charge in [0.25, 0.3) is 0 Å². The van der Waals surface area contributed by atoms with Gasteiger partial charge in [0.05, 0.1) is 0 Å². The van der Waals surface area contributed by atoms with E-state index >= 15 is 0 Å². The van der Waals surface area contributed by atoms with Crippen LogP contribution in [0, 0.1) is 6.92 Å². The monoisotopic (exact) mass is 300 g/mol. The summed E-state index contributed by atoms with van der Waals surface area (Å²) in [6.07, 6.45) is 0. The van der Waals surface area contributed by atoms with Gasteiger partial charge in [-0.1, -0.05) is 6.07 Å². The number of aromatic hydroxyl groups is 1. The number of carbonyl (C=O) groups excluding carboxylic acids is 2. The number of carbonyl (C=O) groups is 2. The lowest BCUT2D eigenvalue weighted by Gasteiger charge is -2.11. The predicted octanol–water partition coefficient (Wildman–Crippen LogP) is 3.27. The largest absolute Gasteiger partial charge is 0.508 e. The molecule has 2 amide bonds. The van der Waals surface area contributed by atoms with Gasteiger partial charge in [-0.15, -0.1) is 0 Å². The molecular weight excluding hydrogens is 284 g/mol. The lowest BCUT2D eigenvalue weighted by Crippen LogP contribution is -2.20. The van der Waals surface area contributed by atoms with Crippen LogP contribution in [0.1, 0.15) is 12.5 Å². The number of phenols is 1. The molecule has 2 rings (SSSR count). The van der Waals surface area contributed by atoms with Crippen LogP contribution in [0.3, 0.4) is 0 Å². The van der Waals surface area contributed by atoms with Gasteiger partial charge in [0.15, 0.2) is 0 Å². The summed E-state index contributed by atoms with van der Waals surface area (Å²) < 4.78 is 4.95. The van der Waals surface area contributed by atoms with E-state index < -0.39 is 12.0 Å². The number of aryl methyl sites for hydroxylation is 1. The van der Waals surface area contributed by atoms with Crippen molar-refractivity contribution < 1.29 is 19.4 Å². The SMILES string of the molecule is CC(=O)Oc1cccc(NC(=O)Nc2ccc(O)cc2C)c1. The van der Waals surface area contributed by atoms with Crippen molar-refractivity contribution in [2.75, 3.05) is 10.6 Å². The minimum Gasteiger partial charge on any atom is -0.508 e. The molecule has 6 nitrogen and oxygen atoms in total. The summed E-state index contributed by atoms with van der Waals surface area (Å²) in [4.78, 5) is 22.9. The number of hydrogen-bond donors (Lipinski definition) is 3. The second-order valence-corrected chi connectivity index (χ2v) is 4.70. The lowest BCUT2D eigenvalue weighted by molar-refractivity contribution is -0.131. The summed E-state index contributed by atoms with van der Waals surface area (Å²) in [5.74, 6) is 0.0602. The Morgan fingerprint density at radius 2 is 1.86 bits per heavy atom. The predicted molar refractivity (Wildman–Crippen MR) is 83.2 cm³/mol. The highest BCUT2D eigenvalue weighted by molar-refractivity contribution is 6.00. The Morgan fingerprint density at radius 3 is 2.55 bits per heavy atom. The molecule has 0 atom stereocenters. The Hall–Kier alpha value is -3.02. The van der Waals surface area contributed by atoms with E-state index in [1.54, 1.807) is 43.3 Å². The zero-order valence-corrected chi connectivity index (χ0v) is 12.2. The smallest absolute Gasteiger partial charge is 0.323 e. The first-order valence-electron chi connectivity index (χ1n) is 6.60. The minimum absolute atomic E-state index is 0.137. The van der Waals surface area contributed by atoms with Gasteiger partial charge in [-0.05, 0) is 42.8 Å². The quantitative estimate of drug-likeness (QED) is 0.461. The van der Waals surface area contributed by atoms with Crippen LogP contribution in [-0.2, 0) is 4.79 Å². The van der Waals surface area contributed by atoms with Gasteiger partial charge >= 0.3 is 12.0 Å². The lowest BCUT2D eigenvalue weighted by atomic mass is 10.2. The van der Waals surface area contributed by atoms with E-state index in [1.165, 1.54) is 13.0 Å². The van der Waals surface area contributed by atoms with Gasteiger partial charge in [0.2, 0.25) is 0 Å². The number of phenolic OH excluding ortho intramolecular Hbond substituents is 1. The maximum absolute atomic E-state index is 12.0. The molecule has 2 aromatic carbocycles. The zero-order valence-electron chi connectivity index (χ0n) is 12.2. The molecule has 0 spiro atoms. The van der Waals surface area contributed by atoms with Gasteiger partial charge in [-0.2, -0.15) is 0 Å². The Kier molecular flexibility index (Phi) is 4.63. The number of benzene rings is 2. The van der Waals surface area contributed by atoms with Gasteiger partial charge in [-0.3, -0.25) is 4.79 Å². The first-order chi connectivity index (χ1) is 10.4. The molecule has 0 fully saturated rings. The van der Waals surface area contributed by atoms with Crippen LogP contribution >= 0.6 is 0 Å². The molecular formula is C16H16N2O4. The van der Waals surface area contributed by atoms with Crippen LogP contribution in [0.2, 0.25) is 0 Å². The molecule has 0 saturated carbocycles. The summed E-state index contributed by atoms with van der Waals surface area (Å²) in [6.45, 7) is 3.08. The number of urea groups is 1. The van der Waals surface area contributed by atoms with Crippen molar-refractivity contribution in [2.45, 2.75) is 13.8 Å². The van der Waals surface area contributed by atoms with Gasteiger partial charge in [0, 0.05) is 24.4 Å². The molecule has 0 bridgehead atoms. The fraction of sp³-hybridized carbons (Fsp3) is 0.125. The van der Waals surface area contributed by atoms with Crippen LogP contribution in [0.5, 0.6) is 11.5 Å². The van der Waals surface area contributed by atoms with Crippen molar-refractivity contribution >= 4 is 23.4 Å². The van der Waals surface area contributed by atoms with Crippen LogP contribution in [0.4, 0.5) is 16.2 Å². The van der Waals surface area contributed by atoms with E-state index in [-0.39, 0.29) is 5.75 Å². The van der Waals surface area contributed by atoms with Gasteiger partial charge < -0.3 is 20.5 Å². The number of hydrogen-bond acceptors (Lipinski definition) is 4. The third-order valence-electron chi connectivity index (χ3n) is 2.81. The number of ether oxygens (including phenoxy) is 1. The molecule has 0 saturated heterocycles. The second-order valence-electron chi connectivity index (χ2n) is 4.70.